The molecule has 0 bridgehead atoms. The fourth-order valence-electron chi connectivity index (χ4n) is 3.20. The van der Waals surface area contributed by atoms with E-state index >= 15 is 0 Å². The summed E-state index contributed by atoms with van der Waals surface area (Å²) in [6.45, 7) is 2.81. The van der Waals surface area contributed by atoms with Crippen LogP contribution in [0.2, 0.25) is 0 Å². The summed E-state index contributed by atoms with van der Waals surface area (Å²) in [6.07, 6.45) is 1.66. The van der Waals surface area contributed by atoms with Crippen molar-refractivity contribution in [3.8, 4) is 0 Å². The topological polar surface area (TPSA) is 98.7 Å². The number of hydrogen-bond donors (Lipinski definition) is 3. The number of piperidine rings is 1. The number of nitrogens with zero attached hydrogens (tertiary/aromatic N) is 1. The van der Waals surface area contributed by atoms with Crippen molar-refractivity contribution >= 4 is 15.9 Å². The van der Waals surface area contributed by atoms with Crippen LogP contribution < -0.4 is 10.0 Å². The number of amides is 1. The molecule has 1 aromatic carbocycles. The lowest BCUT2D eigenvalue weighted by molar-refractivity contribution is -0.122. The Morgan fingerprint density at radius 1 is 1.29 bits per heavy atom. The number of sulfonamides is 1. The van der Waals surface area contributed by atoms with E-state index in [-0.39, 0.29) is 16.9 Å². The van der Waals surface area contributed by atoms with Gasteiger partial charge in [-0.25, -0.2) is 8.42 Å². The third kappa shape index (κ3) is 3.94. The minimum atomic E-state index is -3.64. The van der Waals surface area contributed by atoms with Gasteiger partial charge >= 0.3 is 0 Å². The molecule has 1 saturated heterocycles. The van der Waals surface area contributed by atoms with Crippen molar-refractivity contribution in [3.63, 3.8) is 0 Å². The van der Waals surface area contributed by atoms with Gasteiger partial charge in [-0.3, -0.25) is 4.79 Å². The van der Waals surface area contributed by atoms with Gasteiger partial charge in [-0.05, 0) is 30.9 Å². The maximum Gasteiger partial charge on any atom is 0.241 e. The Hall–Kier alpha value is -1.48. The van der Waals surface area contributed by atoms with Gasteiger partial charge in [-0.15, -0.1) is 0 Å². The van der Waals surface area contributed by atoms with Gasteiger partial charge in [0.25, 0.3) is 0 Å². The molecule has 0 saturated carbocycles. The van der Waals surface area contributed by atoms with E-state index in [9.17, 15) is 18.3 Å². The van der Waals surface area contributed by atoms with E-state index in [2.05, 4.69) is 14.9 Å². The van der Waals surface area contributed by atoms with Crippen molar-refractivity contribution in [3.05, 3.63) is 29.8 Å². The molecule has 0 radical (unpaired) electrons. The van der Waals surface area contributed by atoms with Crippen LogP contribution >= 0.6 is 0 Å². The molecule has 3 N–H and O–H groups in total. The second kappa shape index (κ2) is 7.18. The number of carbonyl (C=O) groups excluding carboxylic acids is 1. The summed E-state index contributed by atoms with van der Waals surface area (Å²) in [5.41, 5.74) is 0.668. The van der Waals surface area contributed by atoms with Crippen LogP contribution in [0.5, 0.6) is 0 Å². The second-order valence-corrected chi connectivity index (χ2v) is 8.03. The lowest BCUT2D eigenvalue weighted by Gasteiger charge is -2.30. The summed E-state index contributed by atoms with van der Waals surface area (Å²) < 4.78 is 26.9. The van der Waals surface area contributed by atoms with Gasteiger partial charge in [0.15, 0.2) is 0 Å². The lowest BCUT2D eigenvalue weighted by Crippen LogP contribution is -2.51. The Kier molecular flexibility index (Phi) is 5.19. The van der Waals surface area contributed by atoms with Crippen molar-refractivity contribution in [2.75, 3.05) is 26.2 Å². The number of nitrogens with one attached hydrogen (secondary N) is 2. The van der Waals surface area contributed by atoms with E-state index in [1.807, 2.05) is 0 Å². The van der Waals surface area contributed by atoms with Crippen LogP contribution in [-0.2, 0) is 21.2 Å². The number of likely N-dealkylation sites (tertiary alicyclic amines) is 1. The van der Waals surface area contributed by atoms with Crippen LogP contribution in [0.3, 0.4) is 0 Å². The number of rotatable bonds is 4. The second-order valence-electron chi connectivity index (χ2n) is 6.35. The minimum absolute atomic E-state index is 0.215. The molecule has 0 unspecified atom stereocenters. The van der Waals surface area contributed by atoms with Gasteiger partial charge in [0.1, 0.15) is 6.04 Å². The van der Waals surface area contributed by atoms with E-state index in [4.69, 9.17) is 0 Å². The standard InChI is InChI=1S/C16H23N3O4S/c20-13-5-8-19(9-6-13)10-7-17-16(21)14-11-12-3-1-2-4-15(12)24(22,23)18-14/h1-4,13-14,18,20H,5-11H2,(H,17,21)/t14-/m0/s1. The molecule has 8 heteroatoms. The van der Waals surface area contributed by atoms with E-state index in [1.165, 1.54) is 0 Å². The first kappa shape index (κ1) is 17.3. The highest BCUT2D eigenvalue weighted by Gasteiger charge is 2.33. The molecule has 1 atom stereocenters. The molecular formula is C16H23N3O4S. The van der Waals surface area contributed by atoms with Crippen LogP contribution in [0.4, 0.5) is 0 Å². The van der Waals surface area contributed by atoms with Gasteiger partial charge in [-0.1, -0.05) is 18.2 Å². The Balaban J connectivity index is 1.53. The highest BCUT2D eigenvalue weighted by Crippen LogP contribution is 2.22. The molecule has 1 aromatic rings. The summed E-state index contributed by atoms with van der Waals surface area (Å²) in [5.74, 6) is -0.301. The molecule has 0 aromatic heterocycles. The fraction of sp³-hybridized carbons (Fsp3) is 0.562. The predicted molar refractivity (Wildman–Crippen MR) is 88.9 cm³/mol. The van der Waals surface area contributed by atoms with Crippen molar-refractivity contribution in [2.24, 2.45) is 0 Å². The van der Waals surface area contributed by atoms with Gasteiger partial charge in [-0.2, -0.15) is 4.72 Å². The molecule has 7 nitrogen and oxygen atoms in total. The average Bonchev–Trinajstić information content (AvgIpc) is 2.56. The first-order chi connectivity index (χ1) is 11.5. The van der Waals surface area contributed by atoms with Crippen molar-refractivity contribution < 1.29 is 18.3 Å². The van der Waals surface area contributed by atoms with Gasteiger partial charge in [0, 0.05) is 26.2 Å². The third-order valence-corrected chi connectivity index (χ3v) is 6.16. The van der Waals surface area contributed by atoms with Crippen LogP contribution in [0.25, 0.3) is 0 Å². The molecule has 2 aliphatic rings. The molecule has 0 aliphatic carbocycles. The first-order valence-electron chi connectivity index (χ1n) is 8.24. The lowest BCUT2D eigenvalue weighted by atomic mass is 10.1. The number of fused-ring (bicyclic) bond motifs is 1. The van der Waals surface area contributed by atoms with Crippen molar-refractivity contribution in [1.29, 1.82) is 0 Å². The molecule has 2 heterocycles. The smallest absolute Gasteiger partial charge is 0.241 e. The Morgan fingerprint density at radius 2 is 2.00 bits per heavy atom. The molecule has 3 rings (SSSR count). The number of carbonyl (C=O) groups is 1. The van der Waals surface area contributed by atoms with Crippen LogP contribution in [0.15, 0.2) is 29.2 Å². The third-order valence-electron chi connectivity index (χ3n) is 4.58. The molecule has 0 spiro atoms. The largest absolute Gasteiger partial charge is 0.393 e. The highest BCUT2D eigenvalue weighted by molar-refractivity contribution is 7.89. The van der Waals surface area contributed by atoms with Crippen LogP contribution in [-0.4, -0.2) is 62.7 Å². The summed E-state index contributed by atoms with van der Waals surface area (Å²) in [4.78, 5) is 14.7. The number of aliphatic hydroxyl groups excluding tert-OH is 1. The first-order valence-corrected chi connectivity index (χ1v) is 9.72. The summed E-state index contributed by atoms with van der Waals surface area (Å²) in [7, 11) is -3.64. The number of benzene rings is 1. The fourth-order valence-corrected chi connectivity index (χ4v) is 4.64. The van der Waals surface area contributed by atoms with E-state index in [1.54, 1.807) is 24.3 Å². The summed E-state index contributed by atoms with van der Waals surface area (Å²) in [5, 5.41) is 12.3. The molecule has 2 aliphatic heterocycles. The zero-order valence-corrected chi connectivity index (χ0v) is 14.3. The van der Waals surface area contributed by atoms with Crippen molar-refractivity contribution in [1.82, 2.24) is 14.9 Å². The summed E-state index contributed by atoms with van der Waals surface area (Å²) in [6, 6.07) is 5.98. The zero-order valence-electron chi connectivity index (χ0n) is 13.4. The monoisotopic (exact) mass is 353 g/mol. The molecule has 24 heavy (non-hydrogen) atoms. The zero-order chi connectivity index (χ0) is 17.2. The Labute approximate surface area is 142 Å². The molecule has 132 valence electrons. The van der Waals surface area contributed by atoms with Crippen LogP contribution in [0.1, 0.15) is 18.4 Å². The van der Waals surface area contributed by atoms with Crippen LogP contribution in [0, 0.1) is 0 Å². The SMILES string of the molecule is O=C(NCCN1CCC(O)CC1)[C@@H]1Cc2ccccc2S(=O)(=O)N1. The quantitative estimate of drug-likeness (QED) is 0.675. The molecular weight excluding hydrogens is 330 g/mol. The normalized spacial score (nSPS) is 24.3. The summed E-state index contributed by atoms with van der Waals surface area (Å²) >= 11 is 0. The maximum absolute atomic E-state index is 12.3. The maximum atomic E-state index is 12.3. The van der Waals surface area contributed by atoms with Crippen molar-refractivity contribution in [2.45, 2.75) is 36.3 Å². The highest BCUT2D eigenvalue weighted by atomic mass is 32.2. The Morgan fingerprint density at radius 3 is 2.75 bits per heavy atom. The van der Waals surface area contributed by atoms with E-state index < -0.39 is 16.1 Å². The van der Waals surface area contributed by atoms with Gasteiger partial charge < -0.3 is 15.3 Å². The molecule has 1 amide bonds. The number of hydrogen-bond acceptors (Lipinski definition) is 5. The average molecular weight is 353 g/mol. The van der Waals surface area contributed by atoms with E-state index in [0.29, 0.717) is 25.1 Å². The Bertz CT molecular complexity index is 699. The predicted octanol–water partition coefficient (Wildman–Crippen LogP) is -0.537. The van der Waals surface area contributed by atoms with E-state index in [0.717, 1.165) is 25.9 Å². The van der Waals surface area contributed by atoms with Gasteiger partial charge in [0.2, 0.25) is 15.9 Å². The number of aliphatic hydroxyl groups is 1. The minimum Gasteiger partial charge on any atom is -0.393 e. The molecule has 1 fully saturated rings. The van der Waals surface area contributed by atoms with Gasteiger partial charge in [0.05, 0.1) is 11.0 Å².